The van der Waals surface area contributed by atoms with Crippen molar-refractivity contribution >= 4 is 13.2 Å². The predicted octanol–water partition coefficient (Wildman–Crippen LogP) is 1.02. The number of hydrogen-bond acceptors (Lipinski definition) is 2. The first-order valence-electron chi connectivity index (χ1n) is 3.80. The summed E-state index contributed by atoms with van der Waals surface area (Å²) in [6.45, 7) is 1.98. The van der Waals surface area contributed by atoms with Gasteiger partial charge in [-0.15, -0.1) is 0 Å². The third-order valence-corrected chi connectivity index (χ3v) is 1.64. The molecule has 2 N–H and O–H groups in total. The molecular formula is C9H11BO2. The van der Waals surface area contributed by atoms with Gasteiger partial charge in [-0.3, -0.25) is 0 Å². The molecule has 0 heterocycles. The Morgan fingerprint density at radius 1 is 1.25 bits per heavy atom. The van der Waals surface area contributed by atoms with Gasteiger partial charge in [0.2, 0.25) is 0 Å². The van der Waals surface area contributed by atoms with Crippen molar-refractivity contribution in [2.24, 2.45) is 0 Å². The second-order valence-corrected chi connectivity index (χ2v) is 2.63. The standard InChI is InChI=1S/C9H11BO2/c1-8-4-2-3-5-9(8)6-7-10(11)12/h2-7,11-12H,1H3/b7-6+. The second kappa shape index (κ2) is 4.09. The molecule has 2 nitrogen and oxygen atoms in total. The fourth-order valence-corrected chi connectivity index (χ4v) is 0.964. The summed E-state index contributed by atoms with van der Waals surface area (Å²) < 4.78 is 0. The van der Waals surface area contributed by atoms with E-state index < -0.39 is 7.12 Å². The minimum absolute atomic E-state index is 1.01. The summed E-state index contributed by atoms with van der Waals surface area (Å²) in [6.07, 6.45) is 1.69. The third kappa shape index (κ3) is 2.53. The van der Waals surface area contributed by atoms with Crippen molar-refractivity contribution in [2.75, 3.05) is 0 Å². The topological polar surface area (TPSA) is 40.5 Å². The maximum absolute atomic E-state index is 8.57. The highest BCUT2D eigenvalue weighted by Gasteiger charge is 1.98. The van der Waals surface area contributed by atoms with Crippen molar-refractivity contribution in [1.29, 1.82) is 0 Å². The van der Waals surface area contributed by atoms with Gasteiger partial charge < -0.3 is 10.0 Å². The molecule has 0 aliphatic heterocycles. The molecule has 1 aromatic rings. The average Bonchev–Trinajstić information content (AvgIpc) is 2.03. The Hall–Kier alpha value is -1.06. The van der Waals surface area contributed by atoms with Crippen molar-refractivity contribution in [3.63, 3.8) is 0 Å². The molecule has 0 fully saturated rings. The second-order valence-electron chi connectivity index (χ2n) is 2.63. The Labute approximate surface area is 72.3 Å². The van der Waals surface area contributed by atoms with E-state index in [0.29, 0.717) is 0 Å². The molecule has 0 saturated carbocycles. The molecule has 0 aliphatic carbocycles. The van der Waals surface area contributed by atoms with Crippen molar-refractivity contribution in [1.82, 2.24) is 0 Å². The zero-order valence-electron chi connectivity index (χ0n) is 6.94. The van der Waals surface area contributed by atoms with Gasteiger partial charge in [0.05, 0.1) is 0 Å². The van der Waals surface area contributed by atoms with Crippen molar-refractivity contribution < 1.29 is 10.0 Å². The molecule has 1 aromatic carbocycles. The minimum Gasteiger partial charge on any atom is -0.424 e. The molecule has 0 amide bonds. The van der Waals surface area contributed by atoms with Gasteiger partial charge in [0.1, 0.15) is 0 Å². The Morgan fingerprint density at radius 2 is 1.92 bits per heavy atom. The van der Waals surface area contributed by atoms with Crippen LogP contribution in [0.4, 0.5) is 0 Å². The quantitative estimate of drug-likeness (QED) is 0.637. The molecule has 1 rings (SSSR count). The maximum atomic E-state index is 8.57. The highest BCUT2D eigenvalue weighted by atomic mass is 16.4. The van der Waals surface area contributed by atoms with Crippen LogP contribution in [0.2, 0.25) is 0 Å². The Bertz CT molecular complexity index is 282. The zero-order valence-corrected chi connectivity index (χ0v) is 6.94. The fraction of sp³-hybridized carbons (Fsp3) is 0.111. The first kappa shape index (κ1) is 9.04. The van der Waals surface area contributed by atoms with E-state index in [1.165, 1.54) is 5.98 Å². The minimum atomic E-state index is -1.37. The first-order chi connectivity index (χ1) is 5.70. The molecule has 0 aliphatic rings. The summed E-state index contributed by atoms with van der Waals surface area (Å²) in [5, 5.41) is 17.1. The summed E-state index contributed by atoms with van der Waals surface area (Å²) in [5.74, 6) is 1.34. The predicted molar refractivity (Wildman–Crippen MR) is 50.4 cm³/mol. The lowest BCUT2D eigenvalue weighted by Gasteiger charge is -1.97. The summed E-state index contributed by atoms with van der Waals surface area (Å²) in [5.41, 5.74) is 2.13. The number of rotatable bonds is 2. The van der Waals surface area contributed by atoms with Crippen LogP contribution in [-0.2, 0) is 0 Å². The van der Waals surface area contributed by atoms with Crippen LogP contribution in [0.25, 0.3) is 6.08 Å². The van der Waals surface area contributed by atoms with E-state index >= 15 is 0 Å². The molecule has 0 spiro atoms. The molecule has 62 valence electrons. The highest BCUT2D eigenvalue weighted by molar-refractivity contribution is 6.48. The average molecular weight is 162 g/mol. The fourth-order valence-electron chi connectivity index (χ4n) is 0.964. The van der Waals surface area contributed by atoms with Crippen LogP contribution in [0.3, 0.4) is 0 Å². The van der Waals surface area contributed by atoms with Crippen LogP contribution in [0.15, 0.2) is 30.2 Å². The van der Waals surface area contributed by atoms with Crippen LogP contribution in [0.5, 0.6) is 0 Å². The van der Waals surface area contributed by atoms with Crippen molar-refractivity contribution in [2.45, 2.75) is 6.92 Å². The molecule has 0 radical (unpaired) electrons. The van der Waals surface area contributed by atoms with Crippen LogP contribution < -0.4 is 0 Å². The first-order valence-corrected chi connectivity index (χ1v) is 3.80. The largest absolute Gasteiger partial charge is 0.480 e. The number of aryl methyl sites for hydroxylation is 1. The SMILES string of the molecule is Cc1ccccc1/C=C/B(O)O. The van der Waals surface area contributed by atoms with E-state index in [1.807, 2.05) is 31.2 Å². The lowest BCUT2D eigenvalue weighted by atomic mass is 9.90. The molecular weight excluding hydrogens is 151 g/mol. The molecule has 0 bridgehead atoms. The maximum Gasteiger partial charge on any atom is 0.480 e. The van der Waals surface area contributed by atoms with E-state index in [1.54, 1.807) is 6.08 Å². The Kier molecular flexibility index (Phi) is 3.08. The van der Waals surface area contributed by atoms with Crippen LogP contribution in [0.1, 0.15) is 11.1 Å². The summed E-state index contributed by atoms with van der Waals surface area (Å²) in [4.78, 5) is 0. The molecule has 0 aromatic heterocycles. The van der Waals surface area contributed by atoms with Gasteiger partial charge in [0.25, 0.3) is 0 Å². The van der Waals surface area contributed by atoms with Gasteiger partial charge in [-0.1, -0.05) is 36.3 Å². The van der Waals surface area contributed by atoms with E-state index in [0.717, 1.165) is 11.1 Å². The van der Waals surface area contributed by atoms with Gasteiger partial charge in [0.15, 0.2) is 0 Å². The van der Waals surface area contributed by atoms with Gasteiger partial charge >= 0.3 is 7.12 Å². The smallest absolute Gasteiger partial charge is 0.424 e. The normalized spacial score (nSPS) is 10.6. The number of hydrogen-bond donors (Lipinski definition) is 2. The highest BCUT2D eigenvalue weighted by Crippen LogP contribution is 2.08. The van der Waals surface area contributed by atoms with E-state index in [-0.39, 0.29) is 0 Å². The van der Waals surface area contributed by atoms with E-state index in [4.69, 9.17) is 10.0 Å². The molecule has 0 unspecified atom stereocenters. The molecule has 0 atom stereocenters. The zero-order chi connectivity index (χ0) is 8.97. The van der Waals surface area contributed by atoms with E-state index in [2.05, 4.69) is 0 Å². The molecule has 12 heavy (non-hydrogen) atoms. The third-order valence-electron chi connectivity index (χ3n) is 1.64. The van der Waals surface area contributed by atoms with Crippen LogP contribution >= 0.6 is 0 Å². The lowest BCUT2D eigenvalue weighted by molar-refractivity contribution is 0.424. The monoisotopic (exact) mass is 162 g/mol. The Balaban J connectivity index is 2.82. The number of benzene rings is 1. The Morgan fingerprint density at radius 3 is 2.50 bits per heavy atom. The van der Waals surface area contributed by atoms with Gasteiger partial charge in [-0.2, -0.15) is 0 Å². The van der Waals surface area contributed by atoms with Gasteiger partial charge in [0, 0.05) is 0 Å². The summed E-state index contributed by atoms with van der Waals surface area (Å²) >= 11 is 0. The lowest BCUT2D eigenvalue weighted by Crippen LogP contribution is -2.05. The van der Waals surface area contributed by atoms with Crippen molar-refractivity contribution in [3.8, 4) is 0 Å². The summed E-state index contributed by atoms with van der Waals surface area (Å²) in [7, 11) is -1.37. The molecule has 0 saturated heterocycles. The van der Waals surface area contributed by atoms with Crippen LogP contribution in [-0.4, -0.2) is 17.2 Å². The van der Waals surface area contributed by atoms with E-state index in [9.17, 15) is 0 Å². The van der Waals surface area contributed by atoms with Gasteiger partial charge in [-0.05, 0) is 18.1 Å². The van der Waals surface area contributed by atoms with Gasteiger partial charge in [-0.25, -0.2) is 0 Å². The van der Waals surface area contributed by atoms with Crippen LogP contribution in [0, 0.1) is 6.92 Å². The van der Waals surface area contributed by atoms with Crippen molar-refractivity contribution in [3.05, 3.63) is 41.4 Å². The molecule has 3 heteroatoms. The summed E-state index contributed by atoms with van der Waals surface area (Å²) in [6, 6.07) is 7.76.